The normalized spacial score (nSPS) is 10.6. The van der Waals surface area contributed by atoms with Gasteiger partial charge in [-0.15, -0.1) is 0 Å². The second-order valence-electron chi connectivity index (χ2n) is 4.73. The summed E-state index contributed by atoms with van der Waals surface area (Å²) < 4.78 is 10.8. The monoisotopic (exact) mass is 283 g/mol. The van der Waals surface area contributed by atoms with Crippen molar-refractivity contribution in [3.05, 3.63) is 35.4 Å². The molecule has 0 aromatic heterocycles. The molecule has 0 aliphatic rings. The van der Waals surface area contributed by atoms with Gasteiger partial charge in [0.15, 0.2) is 11.5 Å². The van der Waals surface area contributed by atoms with Crippen LogP contribution in [0.5, 0.6) is 11.5 Å². The highest BCUT2D eigenvalue weighted by Crippen LogP contribution is 2.36. The lowest BCUT2D eigenvalue weighted by molar-refractivity contribution is 0.326. The maximum absolute atomic E-state index is 6.22. The van der Waals surface area contributed by atoms with Crippen LogP contribution in [0.25, 0.3) is 0 Å². The molecule has 0 amide bonds. The molecule has 0 spiro atoms. The first kappa shape index (κ1) is 15.9. The zero-order chi connectivity index (χ0) is 14.3. The summed E-state index contributed by atoms with van der Waals surface area (Å²) in [5.41, 5.74) is 1.08. The highest BCUT2D eigenvalue weighted by molar-refractivity contribution is 6.32. The summed E-state index contributed by atoms with van der Waals surface area (Å²) in [6, 6.07) is 3.84. The van der Waals surface area contributed by atoms with E-state index in [1.54, 1.807) is 13.2 Å². The largest absolute Gasteiger partial charge is 0.493 e. The maximum Gasteiger partial charge on any atom is 0.180 e. The molecule has 0 fully saturated rings. The summed E-state index contributed by atoms with van der Waals surface area (Å²) in [6.45, 7) is 10.1. The van der Waals surface area contributed by atoms with E-state index in [0.717, 1.165) is 18.7 Å². The zero-order valence-electron chi connectivity index (χ0n) is 11.8. The molecule has 1 N–H and O–H groups in total. The Morgan fingerprint density at radius 2 is 2.16 bits per heavy atom. The first-order valence-corrected chi connectivity index (χ1v) is 6.77. The molecular weight excluding hydrogens is 262 g/mol. The topological polar surface area (TPSA) is 30.5 Å². The van der Waals surface area contributed by atoms with Gasteiger partial charge in [0.05, 0.1) is 12.1 Å². The van der Waals surface area contributed by atoms with Crippen LogP contribution in [0.4, 0.5) is 0 Å². The highest BCUT2D eigenvalue weighted by Gasteiger charge is 2.11. The van der Waals surface area contributed by atoms with Crippen molar-refractivity contribution in [1.29, 1.82) is 0 Å². The second kappa shape index (κ2) is 8.08. The van der Waals surface area contributed by atoms with Gasteiger partial charge in [0.2, 0.25) is 0 Å². The van der Waals surface area contributed by atoms with E-state index in [0.29, 0.717) is 29.0 Å². The minimum Gasteiger partial charge on any atom is -0.493 e. The molecule has 4 heteroatoms. The van der Waals surface area contributed by atoms with Crippen LogP contribution in [0.15, 0.2) is 24.8 Å². The lowest BCUT2D eigenvalue weighted by atomic mass is 10.1. The van der Waals surface area contributed by atoms with E-state index in [-0.39, 0.29) is 0 Å². The average molecular weight is 284 g/mol. The lowest BCUT2D eigenvalue weighted by Crippen LogP contribution is -2.19. The second-order valence-corrected chi connectivity index (χ2v) is 5.14. The predicted octanol–water partition coefficient (Wildman–Crippen LogP) is 3.66. The van der Waals surface area contributed by atoms with E-state index in [4.69, 9.17) is 21.1 Å². The maximum atomic E-state index is 6.22. The van der Waals surface area contributed by atoms with Crippen molar-refractivity contribution in [3.8, 4) is 11.5 Å². The summed E-state index contributed by atoms with van der Waals surface area (Å²) in [7, 11) is 1.61. The smallest absolute Gasteiger partial charge is 0.180 e. The van der Waals surface area contributed by atoms with Crippen LogP contribution >= 0.6 is 11.6 Å². The Bertz CT molecular complexity index is 419. The summed E-state index contributed by atoms with van der Waals surface area (Å²) >= 11 is 6.22. The molecule has 0 aliphatic carbocycles. The molecule has 1 aromatic rings. The SMILES string of the molecule is C=CCOc1c(Cl)cc(CNCC(C)C)cc1OC. The van der Waals surface area contributed by atoms with Gasteiger partial charge in [0.25, 0.3) is 0 Å². The van der Waals surface area contributed by atoms with Crippen molar-refractivity contribution in [2.75, 3.05) is 20.3 Å². The van der Waals surface area contributed by atoms with E-state index in [1.807, 2.05) is 12.1 Å². The molecule has 1 rings (SSSR count). The summed E-state index contributed by atoms with van der Waals surface area (Å²) in [5, 5.41) is 3.93. The number of ether oxygens (including phenoxy) is 2. The fourth-order valence-corrected chi connectivity index (χ4v) is 1.95. The molecule has 19 heavy (non-hydrogen) atoms. The Kier molecular flexibility index (Phi) is 6.74. The van der Waals surface area contributed by atoms with E-state index in [2.05, 4.69) is 25.7 Å². The molecule has 0 unspecified atom stereocenters. The van der Waals surface area contributed by atoms with Crippen LogP contribution in [-0.4, -0.2) is 20.3 Å². The number of benzene rings is 1. The quantitative estimate of drug-likeness (QED) is 0.739. The van der Waals surface area contributed by atoms with Gasteiger partial charge >= 0.3 is 0 Å². The van der Waals surface area contributed by atoms with Gasteiger partial charge in [0.1, 0.15) is 6.61 Å². The van der Waals surface area contributed by atoms with E-state index in [9.17, 15) is 0 Å². The summed E-state index contributed by atoms with van der Waals surface area (Å²) in [5.74, 6) is 1.83. The summed E-state index contributed by atoms with van der Waals surface area (Å²) in [4.78, 5) is 0. The van der Waals surface area contributed by atoms with Gasteiger partial charge < -0.3 is 14.8 Å². The van der Waals surface area contributed by atoms with Crippen LogP contribution in [0, 0.1) is 5.92 Å². The molecule has 0 bridgehead atoms. The fourth-order valence-electron chi connectivity index (χ4n) is 1.66. The molecule has 1 aromatic carbocycles. The summed E-state index contributed by atoms with van der Waals surface area (Å²) in [6.07, 6.45) is 1.67. The average Bonchev–Trinajstić information content (AvgIpc) is 2.36. The molecule has 0 saturated heterocycles. The molecule has 0 atom stereocenters. The molecule has 106 valence electrons. The Morgan fingerprint density at radius 1 is 1.42 bits per heavy atom. The Balaban J connectivity index is 2.80. The van der Waals surface area contributed by atoms with Crippen LogP contribution in [0.1, 0.15) is 19.4 Å². The van der Waals surface area contributed by atoms with Gasteiger partial charge in [-0.1, -0.05) is 38.1 Å². The third-order valence-corrected chi connectivity index (χ3v) is 2.80. The molecule has 3 nitrogen and oxygen atoms in total. The van der Waals surface area contributed by atoms with Crippen molar-refractivity contribution in [3.63, 3.8) is 0 Å². The van der Waals surface area contributed by atoms with Crippen molar-refractivity contribution < 1.29 is 9.47 Å². The first-order chi connectivity index (χ1) is 9.08. The van der Waals surface area contributed by atoms with Gasteiger partial charge in [-0.05, 0) is 30.2 Å². The number of hydrogen-bond donors (Lipinski definition) is 1. The van der Waals surface area contributed by atoms with Gasteiger partial charge in [-0.25, -0.2) is 0 Å². The van der Waals surface area contributed by atoms with Gasteiger partial charge in [-0.2, -0.15) is 0 Å². The lowest BCUT2D eigenvalue weighted by Gasteiger charge is -2.14. The molecular formula is C15H22ClNO2. The van der Waals surface area contributed by atoms with E-state index < -0.39 is 0 Å². The molecule has 0 saturated carbocycles. The fraction of sp³-hybridized carbons (Fsp3) is 0.467. The first-order valence-electron chi connectivity index (χ1n) is 6.39. The van der Waals surface area contributed by atoms with E-state index in [1.165, 1.54) is 0 Å². The number of methoxy groups -OCH3 is 1. The van der Waals surface area contributed by atoms with Crippen LogP contribution < -0.4 is 14.8 Å². The number of halogens is 1. The third kappa shape index (κ3) is 5.13. The third-order valence-electron chi connectivity index (χ3n) is 2.52. The standard InChI is InChI=1S/C15H22ClNO2/c1-5-6-19-15-13(16)7-12(8-14(15)18-4)10-17-9-11(2)3/h5,7-8,11,17H,1,6,9-10H2,2-4H3. The predicted molar refractivity (Wildman–Crippen MR) is 80.2 cm³/mol. The molecule has 0 radical (unpaired) electrons. The minimum absolute atomic E-state index is 0.404. The van der Waals surface area contributed by atoms with Crippen molar-refractivity contribution >= 4 is 11.6 Å². The van der Waals surface area contributed by atoms with E-state index >= 15 is 0 Å². The molecule has 0 aliphatic heterocycles. The molecule has 0 heterocycles. The number of hydrogen-bond acceptors (Lipinski definition) is 3. The Labute approximate surface area is 120 Å². The van der Waals surface area contributed by atoms with Gasteiger partial charge in [-0.3, -0.25) is 0 Å². The van der Waals surface area contributed by atoms with Crippen molar-refractivity contribution in [2.45, 2.75) is 20.4 Å². The number of rotatable bonds is 8. The van der Waals surface area contributed by atoms with Crippen molar-refractivity contribution in [2.24, 2.45) is 5.92 Å². The Hall–Kier alpha value is -1.19. The van der Waals surface area contributed by atoms with Crippen LogP contribution in [-0.2, 0) is 6.54 Å². The Morgan fingerprint density at radius 3 is 2.74 bits per heavy atom. The zero-order valence-corrected chi connectivity index (χ0v) is 12.6. The van der Waals surface area contributed by atoms with Crippen LogP contribution in [0.3, 0.4) is 0 Å². The van der Waals surface area contributed by atoms with Crippen molar-refractivity contribution in [1.82, 2.24) is 5.32 Å². The highest BCUT2D eigenvalue weighted by atomic mass is 35.5. The van der Waals surface area contributed by atoms with Crippen LogP contribution in [0.2, 0.25) is 5.02 Å². The minimum atomic E-state index is 0.404. The van der Waals surface area contributed by atoms with Gasteiger partial charge in [0, 0.05) is 6.54 Å². The number of nitrogens with one attached hydrogen (secondary N) is 1.